The molecule has 140 valence electrons. The van der Waals surface area contributed by atoms with Crippen molar-refractivity contribution in [3.8, 4) is 0 Å². The van der Waals surface area contributed by atoms with Crippen LogP contribution in [0.2, 0.25) is 0 Å². The summed E-state index contributed by atoms with van der Waals surface area (Å²) in [5, 5.41) is 20.7. The van der Waals surface area contributed by atoms with E-state index in [4.69, 9.17) is 10.8 Å². The molecule has 1 aromatic rings. The number of carboxylic acid groups (broad SMARTS) is 1. The normalized spacial score (nSPS) is 27.5. The van der Waals surface area contributed by atoms with Gasteiger partial charge in [0.25, 0.3) is 0 Å². The van der Waals surface area contributed by atoms with Crippen LogP contribution in [0.15, 0.2) is 24.3 Å². The maximum Gasteiger partial charge on any atom is 0.327 e. The summed E-state index contributed by atoms with van der Waals surface area (Å²) in [7, 11) is 0. The van der Waals surface area contributed by atoms with Crippen molar-refractivity contribution in [2.24, 2.45) is 5.73 Å². The Labute approximate surface area is 154 Å². The fourth-order valence-corrected chi connectivity index (χ4v) is 5.00. The summed E-state index contributed by atoms with van der Waals surface area (Å²) >= 11 is 1.36. The van der Waals surface area contributed by atoms with Crippen LogP contribution in [0, 0.1) is 0 Å². The number of aliphatic carboxylic acids is 1. The Bertz CT molecular complexity index is 751. The lowest BCUT2D eigenvalue weighted by Crippen LogP contribution is -2.71. The van der Waals surface area contributed by atoms with Crippen LogP contribution in [0.3, 0.4) is 0 Å². The number of rotatable bonds is 5. The van der Waals surface area contributed by atoms with Crippen LogP contribution < -0.4 is 11.1 Å². The third-order valence-electron chi connectivity index (χ3n) is 4.78. The number of carbonyl (C=O) groups excluding carboxylic acids is 2. The molecule has 1 unspecified atom stereocenters. The lowest BCUT2D eigenvalue weighted by atomic mass is 9.95. The summed E-state index contributed by atoms with van der Waals surface area (Å²) < 4.78 is -0.645. The molecule has 2 heterocycles. The van der Waals surface area contributed by atoms with E-state index in [1.54, 1.807) is 38.1 Å². The molecule has 8 nitrogen and oxygen atoms in total. The monoisotopic (exact) mass is 379 g/mol. The second-order valence-corrected chi connectivity index (χ2v) is 8.73. The molecule has 0 bridgehead atoms. The van der Waals surface area contributed by atoms with Gasteiger partial charge in [0.2, 0.25) is 11.8 Å². The molecule has 5 N–H and O–H groups in total. The number of β-lactam (4-membered cyclic amide) rings is 1. The zero-order valence-corrected chi connectivity index (χ0v) is 15.2. The second kappa shape index (κ2) is 6.57. The fourth-order valence-electron chi connectivity index (χ4n) is 3.37. The molecule has 0 spiro atoms. The number of hydrogen-bond acceptors (Lipinski definition) is 6. The third-order valence-corrected chi connectivity index (χ3v) is 6.35. The number of thioether (sulfide) groups is 1. The smallest absolute Gasteiger partial charge is 0.327 e. The number of carbonyl (C=O) groups is 3. The topological polar surface area (TPSA) is 133 Å². The molecule has 1 aromatic carbocycles. The number of nitrogens with two attached hydrogens (primary N) is 1. The van der Waals surface area contributed by atoms with Crippen LogP contribution in [0.4, 0.5) is 0 Å². The highest BCUT2D eigenvalue weighted by atomic mass is 32.2. The van der Waals surface area contributed by atoms with E-state index < -0.39 is 46.0 Å². The summed E-state index contributed by atoms with van der Waals surface area (Å²) in [6, 6.07) is 3.99. The van der Waals surface area contributed by atoms with Gasteiger partial charge in [0.1, 0.15) is 23.5 Å². The number of aliphatic hydroxyl groups is 1. The van der Waals surface area contributed by atoms with Gasteiger partial charge in [0, 0.05) is 4.75 Å². The lowest BCUT2D eigenvalue weighted by Gasteiger charge is -2.43. The molecule has 2 amide bonds. The highest BCUT2D eigenvalue weighted by Crippen LogP contribution is 2.50. The van der Waals surface area contributed by atoms with Gasteiger partial charge in [0.15, 0.2) is 0 Å². The summed E-state index contributed by atoms with van der Waals surface area (Å²) in [5.74, 6) is -1.96. The Hall–Kier alpha value is -2.10. The van der Waals surface area contributed by atoms with E-state index >= 15 is 0 Å². The first-order chi connectivity index (χ1) is 12.2. The maximum atomic E-state index is 12.4. The van der Waals surface area contributed by atoms with E-state index in [1.807, 2.05) is 0 Å². The highest BCUT2D eigenvalue weighted by molar-refractivity contribution is 8.01. The van der Waals surface area contributed by atoms with E-state index in [-0.39, 0.29) is 6.61 Å². The van der Waals surface area contributed by atoms with Crippen molar-refractivity contribution in [3.63, 3.8) is 0 Å². The molecule has 0 radical (unpaired) electrons. The SMILES string of the molecule is CC1(C)S[C@@H]2[C@H](NC(=O)C(N)c3ccc(CO)cc3)C(=O)N2[C@H]1C(=O)O. The minimum Gasteiger partial charge on any atom is -0.480 e. The molecule has 2 aliphatic rings. The number of aliphatic hydroxyl groups excluding tert-OH is 1. The standard InChI is InChI=1S/C17H21N3O5S/c1-17(2)12(16(24)25)20-14(23)11(15(20)26-17)19-13(22)10(18)9-5-3-8(7-21)4-6-9/h3-6,10-12,15,21H,7,18H2,1-2H3,(H,19,22)(H,24,25)/t10?,11-,12+,15-/m1/s1. The third kappa shape index (κ3) is 2.95. The number of carboxylic acids is 1. The molecule has 9 heteroatoms. The average molecular weight is 379 g/mol. The van der Waals surface area contributed by atoms with Gasteiger partial charge in [-0.1, -0.05) is 24.3 Å². The van der Waals surface area contributed by atoms with Gasteiger partial charge in [-0.05, 0) is 25.0 Å². The lowest BCUT2D eigenvalue weighted by molar-refractivity contribution is -0.161. The second-order valence-electron chi connectivity index (χ2n) is 6.96. The Balaban J connectivity index is 1.69. The highest BCUT2D eigenvalue weighted by Gasteiger charge is 2.64. The molecule has 2 aliphatic heterocycles. The van der Waals surface area contributed by atoms with Crippen LogP contribution in [-0.2, 0) is 21.0 Å². The molecule has 3 rings (SSSR count). The van der Waals surface area contributed by atoms with Crippen LogP contribution in [0.1, 0.15) is 31.0 Å². The Kier molecular flexibility index (Phi) is 4.72. The predicted molar refractivity (Wildman–Crippen MR) is 95.0 cm³/mol. The van der Waals surface area contributed by atoms with Crippen LogP contribution in [-0.4, -0.2) is 55.1 Å². The number of nitrogens with one attached hydrogen (secondary N) is 1. The average Bonchev–Trinajstić information content (AvgIpc) is 2.87. The van der Waals surface area contributed by atoms with E-state index in [0.717, 1.165) is 0 Å². The molecule has 4 atom stereocenters. The number of amides is 2. The first kappa shape index (κ1) is 18.7. The van der Waals surface area contributed by atoms with Gasteiger partial charge in [-0.25, -0.2) is 4.79 Å². The van der Waals surface area contributed by atoms with Crippen LogP contribution in [0.25, 0.3) is 0 Å². The molecule has 2 saturated heterocycles. The zero-order valence-electron chi connectivity index (χ0n) is 14.4. The van der Waals surface area contributed by atoms with Gasteiger partial charge in [-0.2, -0.15) is 0 Å². The van der Waals surface area contributed by atoms with Crippen molar-refractivity contribution in [1.29, 1.82) is 0 Å². The molecular weight excluding hydrogens is 358 g/mol. The van der Waals surface area contributed by atoms with Gasteiger partial charge in [-0.15, -0.1) is 11.8 Å². The first-order valence-electron chi connectivity index (χ1n) is 8.16. The van der Waals surface area contributed by atoms with Gasteiger partial charge >= 0.3 is 5.97 Å². The van der Waals surface area contributed by atoms with Gasteiger partial charge < -0.3 is 26.2 Å². The minimum atomic E-state index is -1.05. The van der Waals surface area contributed by atoms with Crippen molar-refractivity contribution in [2.75, 3.05) is 0 Å². The summed E-state index contributed by atoms with van der Waals surface area (Å²) in [5.41, 5.74) is 7.23. The number of benzene rings is 1. The van der Waals surface area contributed by atoms with Gasteiger partial charge in [0.05, 0.1) is 6.61 Å². The van der Waals surface area contributed by atoms with Gasteiger partial charge in [-0.3, -0.25) is 9.59 Å². The molecule has 0 aromatic heterocycles. The van der Waals surface area contributed by atoms with Crippen molar-refractivity contribution < 1.29 is 24.6 Å². The number of hydrogen-bond donors (Lipinski definition) is 4. The largest absolute Gasteiger partial charge is 0.480 e. The Morgan fingerprint density at radius 3 is 2.50 bits per heavy atom. The Morgan fingerprint density at radius 2 is 1.96 bits per heavy atom. The van der Waals surface area contributed by atoms with Crippen LogP contribution >= 0.6 is 11.8 Å². The summed E-state index contributed by atoms with van der Waals surface area (Å²) in [6.45, 7) is 3.44. The maximum absolute atomic E-state index is 12.4. The number of fused-ring (bicyclic) bond motifs is 1. The van der Waals surface area contributed by atoms with Crippen molar-refractivity contribution >= 4 is 29.5 Å². The minimum absolute atomic E-state index is 0.104. The van der Waals surface area contributed by atoms with Crippen molar-refractivity contribution in [2.45, 2.75) is 48.7 Å². The molecule has 0 aliphatic carbocycles. The zero-order chi connectivity index (χ0) is 19.2. The predicted octanol–water partition coefficient (Wildman–Crippen LogP) is -0.190. The molecule has 26 heavy (non-hydrogen) atoms. The Morgan fingerprint density at radius 1 is 1.35 bits per heavy atom. The van der Waals surface area contributed by atoms with E-state index in [0.29, 0.717) is 11.1 Å². The van der Waals surface area contributed by atoms with Crippen molar-refractivity contribution in [1.82, 2.24) is 10.2 Å². The summed E-state index contributed by atoms with van der Waals surface area (Å²) in [6.07, 6.45) is 0. The van der Waals surface area contributed by atoms with Crippen LogP contribution in [0.5, 0.6) is 0 Å². The van der Waals surface area contributed by atoms with E-state index in [9.17, 15) is 19.5 Å². The first-order valence-corrected chi connectivity index (χ1v) is 9.04. The molecule has 2 fully saturated rings. The fraction of sp³-hybridized carbons (Fsp3) is 0.471. The summed E-state index contributed by atoms with van der Waals surface area (Å²) in [4.78, 5) is 37.6. The van der Waals surface area contributed by atoms with E-state index in [1.165, 1.54) is 16.7 Å². The van der Waals surface area contributed by atoms with Crippen molar-refractivity contribution in [3.05, 3.63) is 35.4 Å². The number of nitrogens with zero attached hydrogens (tertiary/aromatic N) is 1. The molecule has 0 saturated carbocycles. The van der Waals surface area contributed by atoms with E-state index in [2.05, 4.69) is 5.32 Å². The quantitative estimate of drug-likeness (QED) is 0.521. The molecular formula is C17H21N3O5S.